The van der Waals surface area contributed by atoms with Crippen molar-refractivity contribution in [2.24, 2.45) is 0 Å². The van der Waals surface area contributed by atoms with Crippen molar-refractivity contribution >= 4 is 28.5 Å². The van der Waals surface area contributed by atoms with Crippen LogP contribution in [0.3, 0.4) is 0 Å². The predicted molar refractivity (Wildman–Crippen MR) is 105 cm³/mol. The number of thiazole rings is 1. The Balaban J connectivity index is 1.48. The van der Waals surface area contributed by atoms with E-state index in [9.17, 15) is 9.59 Å². The summed E-state index contributed by atoms with van der Waals surface area (Å²) in [5.74, 6) is -0.315. The molecule has 27 heavy (non-hydrogen) atoms. The summed E-state index contributed by atoms with van der Waals surface area (Å²) < 4.78 is 5.14. The number of fused-ring (bicyclic) bond motifs is 1. The zero-order chi connectivity index (χ0) is 19.2. The van der Waals surface area contributed by atoms with Crippen molar-refractivity contribution < 1.29 is 14.3 Å². The fourth-order valence-corrected chi connectivity index (χ4v) is 3.85. The van der Waals surface area contributed by atoms with Gasteiger partial charge in [-0.1, -0.05) is 37.3 Å². The number of rotatable bonds is 6. The van der Waals surface area contributed by atoms with Gasteiger partial charge in [0.2, 0.25) is 5.91 Å². The smallest absolute Gasteiger partial charge is 0.408 e. The molecule has 1 aromatic heterocycles. The zero-order valence-corrected chi connectivity index (χ0v) is 16.3. The maximum atomic E-state index is 12.3. The summed E-state index contributed by atoms with van der Waals surface area (Å²) in [5, 5.41) is 5.91. The third-order valence-corrected chi connectivity index (χ3v) is 5.43. The van der Waals surface area contributed by atoms with Crippen LogP contribution >= 0.6 is 11.3 Å². The van der Waals surface area contributed by atoms with E-state index in [1.807, 2.05) is 30.3 Å². The van der Waals surface area contributed by atoms with Crippen molar-refractivity contribution in [3.8, 4) is 0 Å². The summed E-state index contributed by atoms with van der Waals surface area (Å²) in [6, 6.07) is 8.66. The molecule has 0 saturated heterocycles. The van der Waals surface area contributed by atoms with Gasteiger partial charge in [0.15, 0.2) is 5.13 Å². The molecule has 8 heteroatoms. The number of carbonyl (C=O) groups excluding carboxylic acids is 2. The summed E-state index contributed by atoms with van der Waals surface area (Å²) in [4.78, 5) is 32.3. The Morgan fingerprint density at radius 3 is 2.85 bits per heavy atom. The molecule has 0 bridgehead atoms. The van der Waals surface area contributed by atoms with Gasteiger partial charge in [0.05, 0.1) is 5.69 Å². The Hall–Kier alpha value is -2.45. The van der Waals surface area contributed by atoms with Crippen LogP contribution in [0.1, 0.15) is 30.0 Å². The first-order valence-corrected chi connectivity index (χ1v) is 9.85. The summed E-state index contributed by atoms with van der Waals surface area (Å²) >= 11 is 1.50. The van der Waals surface area contributed by atoms with Crippen LogP contribution in [-0.4, -0.2) is 41.0 Å². The van der Waals surface area contributed by atoms with Crippen LogP contribution in [-0.2, 0) is 29.1 Å². The van der Waals surface area contributed by atoms with Crippen LogP contribution < -0.4 is 10.6 Å². The van der Waals surface area contributed by atoms with Gasteiger partial charge in [0, 0.05) is 24.4 Å². The van der Waals surface area contributed by atoms with Crippen LogP contribution in [0.15, 0.2) is 30.3 Å². The highest BCUT2D eigenvalue weighted by molar-refractivity contribution is 7.15. The Morgan fingerprint density at radius 2 is 2.11 bits per heavy atom. The third kappa shape index (κ3) is 5.27. The Morgan fingerprint density at radius 1 is 1.33 bits per heavy atom. The molecule has 7 nitrogen and oxygen atoms in total. The number of benzene rings is 1. The molecule has 2 aromatic rings. The van der Waals surface area contributed by atoms with Gasteiger partial charge in [-0.25, -0.2) is 9.78 Å². The largest absolute Gasteiger partial charge is 0.445 e. The van der Waals surface area contributed by atoms with Crippen molar-refractivity contribution in [3.63, 3.8) is 0 Å². The van der Waals surface area contributed by atoms with Gasteiger partial charge in [-0.3, -0.25) is 9.69 Å². The lowest BCUT2D eigenvalue weighted by atomic mass is 10.2. The molecule has 2 amide bonds. The lowest BCUT2D eigenvalue weighted by Crippen LogP contribution is -2.41. The van der Waals surface area contributed by atoms with E-state index in [2.05, 4.69) is 27.4 Å². The van der Waals surface area contributed by atoms with Crippen molar-refractivity contribution in [1.29, 1.82) is 0 Å². The lowest BCUT2D eigenvalue weighted by molar-refractivity contribution is -0.117. The molecule has 0 aliphatic carbocycles. The maximum absolute atomic E-state index is 12.3. The summed E-state index contributed by atoms with van der Waals surface area (Å²) in [7, 11) is 0. The van der Waals surface area contributed by atoms with Gasteiger partial charge in [0.1, 0.15) is 12.6 Å². The van der Waals surface area contributed by atoms with Gasteiger partial charge in [-0.05, 0) is 19.0 Å². The van der Waals surface area contributed by atoms with Crippen LogP contribution in [0, 0.1) is 0 Å². The van der Waals surface area contributed by atoms with Crippen LogP contribution in [0.4, 0.5) is 9.93 Å². The minimum Gasteiger partial charge on any atom is -0.445 e. The number of amides is 2. The zero-order valence-electron chi connectivity index (χ0n) is 15.5. The molecular weight excluding hydrogens is 364 g/mol. The van der Waals surface area contributed by atoms with Crippen LogP contribution in [0.2, 0.25) is 0 Å². The Kier molecular flexibility index (Phi) is 6.41. The molecule has 2 heterocycles. The number of aromatic nitrogens is 1. The van der Waals surface area contributed by atoms with Crippen molar-refractivity contribution in [1.82, 2.24) is 15.2 Å². The second kappa shape index (κ2) is 8.96. The van der Waals surface area contributed by atoms with Gasteiger partial charge in [-0.2, -0.15) is 0 Å². The second-order valence-electron chi connectivity index (χ2n) is 6.42. The van der Waals surface area contributed by atoms with Gasteiger partial charge >= 0.3 is 6.09 Å². The number of alkyl carbamates (subject to hydrolysis) is 1. The normalized spacial score (nSPS) is 14.9. The number of ether oxygens (including phenoxy) is 1. The average Bonchev–Trinajstić information content (AvgIpc) is 3.08. The molecule has 1 unspecified atom stereocenters. The van der Waals surface area contributed by atoms with Gasteiger partial charge in [-0.15, -0.1) is 11.3 Å². The quantitative estimate of drug-likeness (QED) is 0.795. The van der Waals surface area contributed by atoms with Crippen molar-refractivity contribution in [2.45, 2.75) is 39.5 Å². The molecule has 1 atom stereocenters. The number of nitrogens with one attached hydrogen (secondary N) is 2. The van der Waals surface area contributed by atoms with Gasteiger partial charge in [0.25, 0.3) is 0 Å². The second-order valence-corrected chi connectivity index (χ2v) is 7.51. The number of likely N-dealkylation sites (N-methyl/N-ethyl adjacent to an activating group) is 1. The van der Waals surface area contributed by atoms with E-state index in [1.165, 1.54) is 16.2 Å². The van der Waals surface area contributed by atoms with Crippen molar-refractivity contribution in [2.75, 3.05) is 18.4 Å². The van der Waals surface area contributed by atoms with Gasteiger partial charge < -0.3 is 15.4 Å². The summed E-state index contributed by atoms with van der Waals surface area (Å²) in [6.45, 7) is 6.79. The molecule has 2 N–H and O–H groups in total. The fourth-order valence-electron chi connectivity index (χ4n) is 2.79. The minimum atomic E-state index is -0.721. The molecule has 3 rings (SSSR count). The fraction of sp³-hybridized carbons (Fsp3) is 0.421. The minimum absolute atomic E-state index is 0.161. The van der Waals surface area contributed by atoms with Crippen LogP contribution in [0.25, 0.3) is 0 Å². The molecule has 1 aliphatic rings. The number of hydrogen-bond acceptors (Lipinski definition) is 6. The molecule has 0 radical (unpaired) electrons. The molecule has 1 aromatic carbocycles. The van der Waals surface area contributed by atoms with E-state index in [4.69, 9.17) is 4.74 Å². The number of carbonyl (C=O) groups is 2. The Labute approximate surface area is 162 Å². The van der Waals surface area contributed by atoms with E-state index in [0.717, 1.165) is 37.3 Å². The third-order valence-electron chi connectivity index (χ3n) is 4.43. The van der Waals surface area contributed by atoms with E-state index in [-0.39, 0.29) is 12.5 Å². The lowest BCUT2D eigenvalue weighted by Gasteiger charge is -2.23. The highest BCUT2D eigenvalue weighted by Gasteiger charge is 2.22. The van der Waals surface area contributed by atoms with E-state index in [1.54, 1.807) is 6.92 Å². The average molecular weight is 388 g/mol. The Bertz CT molecular complexity index is 794. The topological polar surface area (TPSA) is 83.6 Å². The first kappa shape index (κ1) is 19.3. The number of nitrogens with zero attached hydrogens (tertiary/aromatic N) is 2. The summed E-state index contributed by atoms with van der Waals surface area (Å²) in [6.07, 6.45) is 0.272. The van der Waals surface area contributed by atoms with E-state index in [0.29, 0.717) is 5.13 Å². The monoisotopic (exact) mass is 388 g/mol. The highest BCUT2D eigenvalue weighted by atomic mass is 32.1. The van der Waals surface area contributed by atoms with E-state index >= 15 is 0 Å². The predicted octanol–water partition coefficient (Wildman–Crippen LogP) is 2.77. The molecule has 144 valence electrons. The first-order chi connectivity index (χ1) is 13.0. The molecular formula is C19H24N4O3S. The van der Waals surface area contributed by atoms with Crippen LogP contribution in [0.5, 0.6) is 0 Å². The first-order valence-electron chi connectivity index (χ1n) is 9.04. The number of anilines is 1. The highest BCUT2D eigenvalue weighted by Crippen LogP contribution is 2.28. The maximum Gasteiger partial charge on any atom is 0.408 e. The van der Waals surface area contributed by atoms with Crippen molar-refractivity contribution in [3.05, 3.63) is 46.5 Å². The molecule has 0 saturated carbocycles. The summed E-state index contributed by atoms with van der Waals surface area (Å²) in [5.41, 5.74) is 1.95. The standard InChI is InChI=1S/C19H24N4O3S/c1-3-23-10-9-15-16(11-23)27-18(21-15)22-17(24)13(2)20-19(25)26-12-14-7-5-4-6-8-14/h4-8,13H,3,9-12H2,1-2H3,(H,20,25)(H,21,22,24). The molecule has 0 fully saturated rings. The molecule has 1 aliphatic heterocycles. The number of hydrogen-bond donors (Lipinski definition) is 2. The van der Waals surface area contributed by atoms with E-state index < -0.39 is 12.1 Å². The SMILES string of the molecule is CCN1CCc2nc(NC(=O)C(C)NC(=O)OCc3ccccc3)sc2C1. The molecule has 0 spiro atoms.